The second kappa shape index (κ2) is 7.16. The molecule has 0 saturated carbocycles. The number of piperazine rings is 1. The number of nitrogens with one attached hydrogen (secondary N) is 1. The number of aromatic nitrogens is 1. The summed E-state index contributed by atoms with van der Waals surface area (Å²) in [5.41, 5.74) is 4.04. The van der Waals surface area contributed by atoms with Crippen molar-refractivity contribution in [1.82, 2.24) is 4.57 Å². The van der Waals surface area contributed by atoms with Crippen molar-refractivity contribution in [2.75, 3.05) is 31.1 Å². The summed E-state index contributed by atoms with van der Waals surface area (Å²) in [7, 11) is 0. The predicted molar refractivity (Wildman–Crippen MR) is 98.8 cm³/mol. The maximum Gasteiger partial charge on any atom is 0.157 e. The van der Waals surface area contributed by atoms with E-state index in [1.54, 1.807) is 0 Å². The van der Waals surface area contributed by atoms with Crippen LogP contribution in [-0.2, 0) is 6.67 Å². The van der Waals surface area contributed by atoms with Crippen molar-refractivity contribution in [3.8, 4) is 6.07 Å². The van der Waals surface area contributed by atoms with Crippen LogP contribution in [0.3, 0.4) is 0 Å². The van der Waals surface area contributed by atoms with Gasteiger partial charge < -0.3 is 9.80 Å². The minimum absolute atomic E-state index is 0.637. The van der Waals surface area contributed by atoms with Crippen molar-refractivity contribution in [3.63, 3.8) is 0 Å². The van der Waals surface area contributed by atoms with Gasteiger partial charge in [-0.2, -0.15) is 5.26 Å². The smallest absolute Gasteiger partial charge is 0.157 e. The molecule has 5 heteroatoms. The van der Waals surface area contributed by atoms with Gasteiger partial charge in [-0.15, -0.1) is 0 Å². The van der Waals surface area contributed by atoms with Gasteiger partial charge in [-0.05, 0) is 37.6 Å². The topological polar surface area (TPSA) is 36.4 Å². The quantitative estimate of drug-likeness (QED) is 0.870. The second-order valence-corrected chi connectivity index (χ2v) is 6.81. The number of para-hydroxylation sites is 1. The van der Waals surface area contributed by atoms with E-state index < -0.39 is 0 Å². The first-order chi connectivity index (χ1) is 11.6. The first-order valence-corrected chi connectivity index (χ1v) is 8.75. The fourth-order valence-corrected chi connectivity index (χ4v) is 3.78. The highest BCUT2D eigenvalue weighted by Crippen LogP contribution is 2.14. The summed E-state index contributed by atoms with van der Waals surface area (Å²) in [4.78, 5) is 3.94. The highest BCUT2D eigenvalue weighted by atomic mass is 32.1. The third-order valence-corrected chi connectivity index (χ3v) is 5.21. The van der Waals surface area contributed by atoms with Gasteiger partial charge in [-0.3, -0.25) is 4.57 Å². The molecule has 0 radical (unpaired) electrons. The summed E-state index contributed by atoms with van der Waals surface area (Å²) < 4.78 is 2.79. The van der Waals surface area contributed by atoms with Crippen molar-refractivity contribution in [2.24, 2.45) is 0 Å². The average molecular weight is 339 g/mol. The molecule has 1 saturated heterocycles. The minimum Gasteiger partial charge on any atom is -0.360 e. The lowest BCUT2D eigenvalue weighted by Crippen LogP contribution is -3.14. The number of quaternary nitrogens is 1. The maximum absolute atomic E-state index is 9.34. The predicted octanol–water partition coefficient (Wildman–Crippen LogP) is 2.07. The Bertz CT molecular complexity index is 812. The van der Waals surface area contributed by atoms with E-state index in [4.69, 9.17) is 12.2 Å². The SMILES string of the molecule is Cc1cc(C)n(C[NH+]2CCN(c3ccccc3)CC2)c(=S)c1C#N. The lowest BCUT2D eigenvalue weighted by molar-refractivity contribution is -0.923. The number of nitriles is 1. The molecule has 1 aliphatic heterocycles. The van der Waals surface area contributed by atoms with E-state index in [1.807, 2.05) is 6.92 Å². The van der Waals surface area contributed by atoms with E-state index in [0.717, 1.165) is 44.1 Å². The number of hydrogen-bond acceptors (Lipinski definition) is 3. The molecule has 2 aromatic rings. The Hall–Kier alpha value is -2.16. The van der Waals surface area contributed by atoms with Crippen molar-refractivity contribution in [3.05, 3.63) is 57.9 Å². The lowest BCUT2D eigenvalue weighted by atomic mass is 10.1. The van der Waals surface area contributed by atoms with Crippen LogP contribution in [0.15, 0.2) is 36.4 Å². The molecule has 0 bridgehead atoms. The summed E-state index contributed by atoms with van der Waals surface area (Å²) in [6.45, 7) is 9.10. The molecule has 0 spiro atoms. The summed E-state index contributed by atoms with van der Waals surface area (Å²) in [6.07, 6.45) is 0. The van der Waals surface area contributed by atoms with Gasteiger partial charge >= 0.3 is 0 Å². The van der Waals surface area contributed by atoms with E-state index in [2.05, 4.69) is 58.9 Å². The Labute approximate surface area is 148 Å². The highest BCUT2D eigenvalue weighted by molar-refractivity contribution is 7.71. The van der Waals surface area contributed by atoms with Crippen LogP contribution in [0, 0.1) is 29.8 Å². The van der Waals surface area contributed by atoms with Crippen LogP contribution in [0.1, 0.15) is 16.8 Å². The lowest BCUT2D eigenvalue weighted by Gasteiger charge is -2.34. The monoisotopic (exact) mass is 339 g/mol. The third-order valence-electron chi connectivity index (χ3n) is 4.79. The molecule has 2 heterocycles. The van der Waals surface area contributed by atoms with Gasteiger partial charge in [0.15, 0.2) is 6.67 Å². The Balaban J connectivity index is 1.71. The second-order valence-electron chi connectivity index (χ2n) is 6.42. The Morgan fingerprint density at radius 2 is 1.83 bits per heavy atom. The van der Waals surface area contributed by atoms with Gasteiger partial charge in [-0.1, -0.05) is 30.4 Å². The zero-order valence-electron chi connectivity index (χ0n) is 14.2. The molecule has 0 atom stereocenters. The van der Waals surface area contributed by atoms with Crippen LogP contribution in [0.5, 0.6) is 0 Å². The Morgan fingerprint density at radius 3 is 2.46 bits per heavy atom. The number of anilines is 1. The maximum atomic E-state index is 9.34. The molecular weight excluding hydrogens is 316 g/mol. The van der Waals surface area contributed by atoms with Crippen LogP contribution < -0.4 is 9.80 Å². The van der Waals surface area contributed by atoms with E-state index in [-0.39, 0.29) is 0 Å². The van der Waals surface area contributed by atoms with Gasteiger partial charge in [0, 0.05) is 11.4 Å². The average Bonchev–Trinajstić information content (AvgIpc) is 2.60. The highest BCUT2D eigenvalue weighted by Gasteiger charge is 2.21. The fraction of sp³-hybridized carbons (Fsp3) is 0.368. The van der Waals surface area contributed by atoms with E-state index >= 15 is 0 Å². The van der Waals surface area contributed by atoms with Crippen molar-refractivity contribution in [1.29, 1.82) is 5.26 Å². The van der Waals surface area contributed by atoms with Crippen LogP contribution in [0.2, 0.25) is 0 Å². The molecule has 0 unspecified atom stereocenters. The van der Waals surface area contributed by atoms with Gasteiger partial charge in [0.1, 0.15) is 10.7 Å². The molecule has 1 fully saturated rings. The molecular formula is C19H23N4S+. The number of aryl methyl sites for hydroxylation is 2. The number of rotatable bonds is 3. The fourth-order valence-electron chi connectivity index (χ4n) is 3.36. The number of pyridine rings is 1. The summed E-state index contributed by atoms with van der Waals surface area (Å²) in [5, 5.41) is 9.34. The van der Waals surface area contributed by atoms with Crippen molar-refractivity contribution < 1.29 is 4.90 Å². The molecule has 1 aliphatic rings. The third kappa shape index (κ3) is 3.35. The summed E-state index contributed by atoms with van der Waals surface area (Å²) in [6, 6.07) is 14.9. The standard InChI is InChI=1S/C19H22N4S/c1-15-12-16(2)23(19(24)18(15)13-20)14-21-8-10-22(11-9-21)17-6-4-3-5-7-17/h3-7,12H,8-11,14H2,1-2H3/p+1. The number of nitrogens with zero attached hydrogens (tertiary/aromatic N) is 3. The number of benzene rings is 1. The zero-order chi connectivity index (χ0) is 17.1. The molecule has 1 aromatic heterocycles. The first kappa shape index (κ1) is 16.7. The van der Waals surface area contributed by atoms with Crippen molar-refractivity contribution in [2.45, 2.75) is 20.5 Å². The Kier molecular flexibility index (Phi) is 4.98. The van der Waals surface area contributed by atoms with Crippen LogP contribution in [-0.4, -0.2) is 30.7 Å². The molecule has 24 heavy (non-hydrogen) atoms. The van der Waals surface area contributed by atoms with Crippen molar-refractivity contribution >= 4 is 17.9 Å². The molecule has 124 valence electrons. The van der Waals surface area contributed by atoms with E-state index in [1.165, 1.54) is 10.6 Å². The molecule has 1 N–H and O–H groups in total. The number of hydrogen-bond donors (Lipinski definition) is 1. The van der Waals surface area contributed by atoms with Gasteiger partial charge in [0.25, 0.3) is 0 Å². The normalized spacial score (nSPS) is 15.3. The zero-order valence-corrected chi connectivity index (χ0v) is 15.1. The summed E-state index contributed by atoms with van der Waals surface area (Å²) in [5.74, 6) is 0. The van der Waals surface area contributed by atoms with Crippen LogP contribution >= 0.6 is 12.2 Å². The minimum atomic E-state index is 0.637. The van der Waals surface area contributed by atoms with E-state index in [0.29, 0.717) is 10.2 Å². The molecule has 1 aromatic carbocycles. The molecule has 3 rings (SSSR count). The molecule has 4 nitrogen and oxygen atoms in total. The first-order valence-electron chi connectivity index (χ1n) is 8.35. The summed E-state index contributed by atoms with van der Waals surface area (Å²) >= 11 is 5.55. The van der Waals surface area contributed by atoms with Gasteiger partial charge in [0.2, 0.25) is 0 Å². The van der Waals surface area contributed by atoms with Gasteiger partial charge in [0.05, 0.1) is 31.7 Å². The Morgan fingerprint density at radius 1 is 1.17 bits per heavy atom. The molecule has 0 amide bonds. The van der Waals surface area contributed by atoms with E-state index in [9.17, 15) is 5.26 Å². The van der Waals surface area contributed by atoms with Crippen LogP contribution in [0.25, 0.3) is 0 Å². The molecule has 0 aliphatic carbocycles. The van der Waals surface area contributed by atoms with Gasteiger partial charge in [-0.25, -0.2) is 0 Å². The largest absolute Gasteiger partial charge is 0.360 e. The van der Waals surface area contributed by atoms with Crippen LogP contribution in [0.4, 0.5) is 5.69 Å².